The molecular formula is C18H22N6O2. The molecular weight excluding hydrogens is 332 g/mol. The van der Waals surface area contributed by atoms with E-state index in [4.69, 9.17) is 6.42 Å². The molecule has 3 rings (SSSR count). The van der Waals surface area contributed by atoms with Crippen molar-refractivity contribution in [3.8, 4) is 12.3 Å². The second-order valence-electron chi connectivity index (χ2n) is 6.57. The summed E-state index contributed by atoms with van der Waals surface area (Å²) >= 11 is 0. The summed E-state index contributed by atoms with van der Waals surface area (Å²) in [7, 11) is 1.80. The highest BCUT2D eigenvalue weighted by molar-refractivity contribution is 5.90. The minimum absolute atomic E-state index is 0.0864. The first-order valence-corrected chi connectivity index (χ1v) is 8.64. The van der Waals surface area contributed by atoms with E-state index in [0.717, 1.165) is 12.2 Å². The van der Waals surface area contributed by atoms with Gasteiger partial charge in [-0.05, 0) is 12.1 Å². The minimum Gasteiger partial charge on any atom is -0.359 e. The Morgan fingerprint density at radius 3 is 2.77 bits per heavy atom. The molecule has 1 aromatic rings. The molecule has 3 heterocycles. The smallest absolute Gasteiger partial charge is 0.241 e. The average molecular weight is 354 g/mol. The fraction of sp³-hybridized carbons (Fsp3) is 0.500. The summed E-state index contributed by atoms with van der Waals surface area (Å²) in [5, 5.41) is 10.8. The van der Waals surface area contributed by atoms with E-state index in [1.807, 2.05) is 11.0 Å². The van der Waals surface area contributed by atoms with Gasteiger partial charge in [0.2, 0.25) is 11.8 Å². The predicted octanol–water partition coefficient (Wildman–Crippen LogP) is 1.65. The number of nitrogens with zero attached hydrogens (tertiary/aromatic N) is 5. The van der Waals surface area contributed by atoms with Crippen LogP contribution in [0.4, 0.5) is 11.5 Å². The molecule has 0 atom stereocenters. The summed E-state index contributed by atoms with van der Waals surface area (Å²) in [4.78, 5) is 31.9. The summed E-state index contributed by atoms with van der Waals surface area (Å²) in [6, 6.07) is 3.61. The van der Waals surface area contributed by atoms with Crippen LogP contribution < -0.4 is 10.2 Å². The van der Waals surface area contributed by atoms with E-state index in [1.54, 1.807) is 24.2 Å². The monoisotopic (exact) mass is 354 g/mol. The van der Waals surface area contributed by atoms with E-state index in [-0.39, 0.29) is 11.8 Å². The van der Waals surface area contributed by atoms with E-state index in [9.17, 15) is 9.59 Å². The topological polar surface area (TPSA) is 90.3 Å². The average Bonchev–Trinajstić information content (AvgIpc) is 3.42. The number of aromatic nitrogens is 1. The number of terminal acetylenes is 1. The lowest BCUT2D eigenvalue weighted by molar-refractivity contribution is -0.129. The van der Waals surface area contributed by atoms with Gasteiger partial charge in [0.05, 0.1) is 18.4 Å². The zero-order chi connectivity index (χ0) is 18.6. The number of likely N-dealkylation sites (N-methyl/N-ethyl adjacent to an activating group) is 1. The van der Waals surface area contributed by atoms with Crippen molar-refractivity contribution in [2.24, 2.45) is 10.2 Å². The van der Waals surface area contributed by atoms with Gasteiger partial charge in [-0.2, -0.15) is 10.2 Å². The quantitative estimate of drug-likeness (QED) is 0.754. The van der Waals surface area contributed by atoms with Crippen LogP contribution in [0, 0.1) is 12.3 Å². The maximum atomic E-state index is 12.1. The lowest BCUT2D eigenvalue weighted by atomic mass is 10.0. The summed E-state index contributed by atoms with van der Waals surface area (Å²) in [5.41, 5.74) is 0.419. The van der Waals surface area contributed by atoms with Crippen molar-refractivity contribution in [2.75, 3.05) is 36.9 Å². The Labute approximate surface area is 152 Å². The Bertz CT molecular complexity index is 746. The van der Waals surface area contributed by atoms with Gasteiger partial charge < -0.3 is 15.1 Å². The zero-order valence-electron chi connectivity index (χ0n) is 14.8. The van der Waals surface area contributed by atoms with Crippen molar-refractivity contribution in [1.82, 2.24) is 9.88 Å². The van der Waals surface area contributed by atoms with Gasteiger partial charge in [-0.3, -0.25) is 9.59 Å². The number of hydrogen-bond donors (Lipinski definition) is 1. The van der Waals surface area contributed by atoms with Gasteiger partial charge in [-0.15, -0.1) is 12.3 Å². The molecule has 1 saturated heterocycles. The van der Waals surface area contributed by atoms with Gasteiger partial charge >= 0.3 is 0 Å². The second kappa shape index (κ2) is 7.52. The Balaban J connectivity index is 1.47. The highest BCUT2D eigenvalue weighted by atomic mass is 16.2. The van der Waals surface area contributed by atoms with E-state index in [2.05, 4.69) is 26.4 Å². The van der Waals surface area contributed by atoms with Crippen molar-refractivity contribution in [2.45, 2.75) is 31.3 Å². The fourth-order valence-electron chi connectivity index (χ4n) is 2.81. The molecule has 8 heteroatoms. The van der Waals surface area contributed by atoms with Crippen LogP contribution in [0.25, 0.3) is 0 Å². The number of hydrogen-bond acceptors (Lipinski definition) is 6. The van der Waals surface area contributed by atoms with Crippen LogP contribution in [0.15, 0.2) is 28.6 Å². The van der Waals surface area contributed by atoms with Crippen molar-refractivity contribution < 1.29 is 9.59 Å². The Kier molecular flexibility index (Phi) is 5.16. The zero-order valence-corrected chi connectivity index (χ0v) is 14.8. The molecule has 8 nitrogen and oxygen atoms in total. The highest BCUT2D eigenvalue weighted by Gasteiger charge is 2.39. The molecule has 2 aliphatic rings. The van der Waals surface area contributed by atoms with Gasteiger partial charge in [0, 0.05) is 45.8 Å². The van der Waals surface area contributed by atoms with Crippen LogP contribution in [0.2, 0.25) is 0 Å². The van der Waals surface area contributed by atoms with Gasteiger partial charge in [-0.1, -0.05) is 0 Å². The summed E-state index contributed by atoms with van der Waals surface area (Å²) < 4.78 is 0. The molecule has 0 radical (unpaired) electrons. The number of carbonyl (C=O) groups excluding carboxylic acids is 2. The lowest BCUT2D eigenvalue weighted by Crippen LogP contribution is -2.48. The van der Waals surface area contributed by atoms with Gasteiger partial charge in [-0.25, -0.2) is 4.98 Å². The number of piperazine rings is 1. The molecule has 26 heavy (non-hydrogen) atoms. The largest absolute Gasteiger partial charge is 0.359 e. The molecule has 0 unspecified atom stereocenters. The predicted molar refractivity (Wildman–Crippen MR) is 97.6 cm³/mol. The SMILES string of the molecule is C#CCCC1(CCC(=O)Nc2ccc(N3CCN(C)C(=O)C3)cn2)N=N1. The highest BCUT2D eigenvalue weighted by Crippen LogP contribution is 2.37. The number of pyridine rings is 1. The normalized spacial score (nSPS) is 17.8. The van der Waals surface area contributed by atoms with Gasteiger partial charge in [0.25, 0.3) is 0 Å². The first-order valence-electron chi connectivity index (χ1n) is 8.64. The van der Waals surface area contributed by atoms with Crippen LogP contribution in [0.1, 0.15) is 25.7 Å². The van der Waals surface area contributed by atoms with E-state index < -0.39 is 5.66 Å². The second-order valence-corrected chi connectivity index (χ2v) is 6.57. The maximum Gasteiger partial charge on any atom is 0.241 e. The molecule has 1 aromatic heterocycles. The molecule has 2 aliphatic heterocycles. The van der Waals surface area contributed by atoms with Crippen molar-refractivity contribution in [3.63, 3.8) is 0 Å². The molecule has 0 saturated carbocycles. The number of nitrogens with one attached hydrogen (secondary N) is 1. The first-order chi connectivity index (χ1) is 12.5. The molecule has 136 valence electrons. The minimum atomic E-state index is -0.449. The van der Waals surface area contributed by atoms with E-state index in [0.29, 0.717) is 44.6 Å². The van der Waals surface area contributed by atoms with Crippen molar-refractivity contribution in [1.29, 1.82) is 0 Å². The van der Waals surface area contributed by atoms with Crippen LogP contribution in [0.5, 0.6) is 0 Å². The molecule has 2 amide bonds. The lowest BCUT2D eigenvalue weighted by Gasteiger charge is -2.33. The van der Waals surface area contributed by atoms with Crippen LogP contribution >= 0.6 is 0 Å². The standard InChI is InChI=1S/C18H22N6O2/c1-3-4-8-18(21-22-18)9-7-16(25)20-15-6-5-14(12-19-15)24-11-10-23(2)17(26)13-24/h1,5-6,12H,4,7-11,13H2,2H3,(H,19,20,25). The number of anilines is 2. The van der Waals surface area contributed by atoms with Crippen molar-refractivity contribution in [3.05, 3.63) is 18.3 Å². The first kappa shape index (κ1) is 17.9. The third kappa shape index (κ3) is 4.36. The Morgan fingerprint density at radius 2 is 2.15 bits per heavy atom. The Morgan fingerprint density at radius 1 is 1.35 bits per heavy atom. The molecule has 0 bridgehead atoms. The third-order valence-corrected chi connectivity index (χ3v) is 4.64. The van der Waals surface area contributed by atoms with Crippen molar-refractivity contribution >= 4 is 23.3 Å². The molecule has 1 N–H and O–H groups in total. The Hall–Kier alpha value is -2.95. The van der Waals surface area contributed by atoms with Crippen LogP contribution in [-0.4, -0.2) is 54.0 Å². The maximum absolute atomic E-state index is 12.1. The number of carbonyl (C=O) groups is 2. The number of amides is 2. The molecule has 0 aliphatic carbocycles. The molecule has 1 fully saturated rings. The van der Waals surface area contributed by atoms with E-state index in [1.165, 1.54) is 0 Å². The summed E-state index contributed by atoms with van der Waals surface area (Å²) in [6.45, 7) is 1.80. The number of rotatable bonds is 7. The van der Waals surface area contributed by atoms with Gasteiger partial charge in [0.15, 0.2) is 5.66 Å². The fourth-order valence-corrected chi connectivity index (χ4v) is 2.81. The molecule has 0 spiro atoms. The summed E-state index contributed by atoms with van der Waals surface area (Å²) in [6.07, 6.45) is 9.09. The van der Waals surface area contributed by atoms with Gasteiger partial charge in [0.1, 0.15) is 5.82 Å². The van der Waals surface area contributed by atoms with Crippen LogP contribution in [0.3, 0.4) is 0 Å². The molecule has 0 aromatic carbocycles. The van der Waals surface area contributed by atoms with Crippen LogP contribution in [-0.2, 0) is 9.59 Å². The van der Waals surface area contributed by atoms with E-state index >= 15 is 0 Å². The third-order valence-electron chi connectivity index (χ3n) is 4.64. The summed E-state index contributed by atoms with van der Waals surface area (Å²) in [5.74, 6) is 3.02.